The van der Waals surface area contributed by atoms with Crippen LogP contribution in [0.1, 0.15) is 12.8 Å². The van der Waals surface area contributed by atoms with Crippen molar-refractivity contribution < 1.29 is 9.84 Å². The van der Waals surface area contributed by atoms with E-state index in [0.717, 1.165) is 26.1 Å². The van der Waals surface area contributed by atoms with Gasteiger partial charge in [0.15, 0.2) is 0 Å². The molecule has 0 amide bonds. The molecule has 1 aliphatic rings. The van der Waals surface area contributed by atoms with Gasteiger partial charge in [-0.3, -0.25) is 0 Å². The zero-order valence-electron chi connectivity index (χ0n) is 7.33. The minimum atomic E-state index is 0.0108. The summed E-state index contributed by atoms with van der Waals surface area (Å²) in [7, 11) is 0. The van der Waals surface area contributed by atoms with Gasteiger partial charge in [0.25, 0.3) is 0 Å². The molecule has 0 aromatic rings. The Hall–Kier alpha value is -0.380. The van der Waals surface area contributed by atoms with Crippen LogP contribution in [0.25, 0.3) is 0 Å². The topological polar surface area (TPSA) is 41.5 Å². The summed E-state index contributed by atoms with van der Waals surface area (Å²) in [6.45, 7) is 5.37. The van der Waals surface area contributed by atoms with Crippen LogP contribution in [0.4, 0.5) is 0 Å². The molecule has 3 nitrogen and oxygen atoms in total. The molecule has 2 N–H and O–H groups in total. The number of ether oxygens (including phenoxy) is 1. The molecule has 0 aliphatic carbocycles. The molecule has 1 fully saturated rings. The summed E-state index contributed by atoms with van der Waals surface area (Å²) >= 11 is 0. The molecule has 3 heteroatoms. The van der Waals surface area contributed by atoms with Crippen LogP contribution in [0, 0.1) is 0 Å². The number of hydrogen-bond donors (Lipinski definition) is 2. The van der Waals surface area contributed by atoms with Gasteiger partial charge in [0.05, 0.1) is 13.2 Å². The second kappa shape index (κ2) is 5.30. The van der Waals surface area contributed by atoms with Crippen molar-refractivity contribution in [2.75, 3.05) is 19.8 Å². The van der Waals surface area contributed by atoms with Crippen molar-refractivity contribution in [2.45, 2.75) is 24.9 Å². The van der Waals surface area contributed by atoms with Crippen LogP contribution in [-0.4, -0.2) is 37.0 Å². The smallest absolute Gasteiger partial charge is 0.0620 e. The first-order valence-corrected chi connectivity index (χ1v) is 4.44. The van der Waals surface area contributed by atoms with Crippen molar-refractivity contribution in [2.24, 2.45) is 0 Å². The van der Waals surface area contributed by atoms with Gasteiger partial charge in [-0.15, -0.1) is 6.58 Å². The van der Waals surface area contributed by atoms with Crippen molar-refractivity contribution in [3.05, 3.63) is 12.7 Å². The van der Waals surface area contributed by atoms with Crippen molar-refractivity contribution in [1.82, 2.24) is 5.32 Å². The van der Waals surface area contributed by atoms with Gasteiger partial charge in [0.2, 0.25) is 0 Å². The second-order valence-electron chi connectivity index (χ2n) is 3.11. The molecule has 2 atom stereocenters. The molecule has 0 saturated carbocycles. The van der Waals surface area contributed by atoms with Crippen LogP contribution in [-0.2, 0) is 4.74 Å². The monoisotopic (exact) mass is 171 g/mol. The fourth-order valence-corrected chi connectivity index (χ4v) is 1.37. The van der Waals surface area contributed by atoms with E-state index < -0.39 is 0 Å². The van der Waals surface area contributed by atoms with Crippen LogP contribution in [0.15, 0.2) is 12.7 Å². The van der Waals surface area contributed by atoms with Crippen molar-refractivity contribution >= 4 is 0 Å². The standard InChI is InChI=1S/C9H17NO2/c1-2-8(6-11)10-9-4-3-5-12-7-9/h2,8-11H,1,3-7H2. The van der Waals surface area contributed by atoms with Crippen molar-refractivity contribution in [3.8, 4) is 0 Å². The molecular formula is C9H17NO2. The second-order valence-corrected chi connectivity index (χ2v) is 3.11. The molecule has 1 rings (SSSR count). The van der Waals surface area contributed by atoms with Crippen molar-refractivity contribution in [3.63, 3.8) is 0 Å². The Morgan fingerprint density at radius 2 is 2.58 bits per heavy atom. The Balaban J connectivity index is 2.22. The Morgan fingerprint density at radius 1 is 1.75 bits per heavy atom. The highest BCUT2D eigenvalue weighted by Crippen LogP contribution is 2.06. The van der Waals surface area contributed by atoms with E-state index in [9.17, 15) is 0 Å². The SMILES string of the molecule is C=CC(CO)NC1CCCOC1. The number of hydrogen-bond acceptors (Lipinski definition) is 3. The Kier molecular flexibility index (Phi) is 4.29. The summed E-state index contributed by atoms with van der Waals surface area (Å²) in [6, 6.07) is 0.394. The lowest BCUT2D eigenvalue weighted by molar-refractivity contribution is 0.0653. The van der Waals surface area contributed by atoms with Gasteiger partial charge in [-0.25, -0.2) is 0 Å². The predicted molar refractivity (Wildman–Crippen MR) is 48.0 cm³/mol. The van der Waals surface area contributed by atoms with E-state index in [1.807, 2.05) is 0 Å². The molecule has 0 aromatic heterocycles. The number of aliphatic hydroxyl groups excluding tert-OH is 1. The van der Waals surface area contributed by atoms with Crippen molar-refractivity contribution in [1.29, 1.82) is 0 Å². The van der Waals surface area contributed by atoms with E-state index in [4.69, 9.17) is 9.84 Å². The number of nitrogens with one attached hydrogen (secondary N) is 1. The van der Waals surface area contributed by atoms with E-state index in [0.29, 0.717) is 6.04 Å². The third-order valence-electron chi connectivity index (χ3n) is 2.09. The highest BCUT2D eigenvalue weighted by atomic mass is 16.5. The summed E-state index contributed by atoms with van der Waals surface area (Å²) in [4.78, 5) is 0. The quantitative estimate of drug-likeness (QED) is 0.598. The maximum Gasteiger partial charge on any atom is 0.0620 e. The molecular weight excluding hydrogens is 154 g/mol. The zero-order chi connectivity index (χ0) is 8.81. The Bertz CT molecular complexity index is 132. The maximum atomic E-state index is 8.88. The first kappa shape index (κ1) is 9.71. The molecule has 0 radical (unpaired) electrons. The van der Waals surface area contributed by atoms with Gasteiger partial charge in [-0.2, -0.15) is 0 Å². The predicted octanol–water partition coefficient (Wildman–Crippen LogP) is 0.302. The lowest BCUT2D eigenvalue weighted by Gasteiger charge is -2.26. The van der Waals surface area contributed by atoms with E-state index in [-0.39, 0.29) is 12.6 Å². The fourth-order valence-electron chi connectivity index (χ4n) is 1.37. The molecule has 2 unspecified atom stereocenters. The Labute approximate surface area is 73.4 Å². The highest BCUT2D eigenvalue weighted by Gasteiger charge is 2.15. The third kappa shape index (κ3) is 2.93. The van der Waals surface area contributed by atoms with Crippen LogP contribution >= 0.6 is 0 Å². The lowest BCUT2D eigenvalue weighted by Crippen LogP contribution is -2.43. The summed E-state index contributed by atoms with van der Waals surface area (Å²) < 4.78 is 5.29. The largest absolute Gasteiger partial charge is 0.394 e. The van der Waals surface area contributed by atoms with Crippen LogP contribution in [0.5, 0.6) is 0 Å². The molecule has 12 heavy (non-hydrogen) atoms. The third-order valence-corrected chi connectivity index (χ3v) is 2.09. The first-order chi connectivity index (χ1) is 5.86. The van der Waals surface area contributed by atoms with Gasteiger partial charge < -0.3 is 15.2 Å². The van der Waals surface area contributed by atoms with Gasteiger partial charge in [-0.05, 0) is 12.8 Å². The minimum Gasteiger partial charge on any atom is -0.394 e. The average Bonchev–Trinajstić information content (AvgIpc) is 2.16. The summed E-state index contributed by atoms with van der Waals surface area (Å²) in [5.41, 5.74) is 0. The molecule has 1 aliphatic heterocycles. The van der Waals surface area contributed by atoms with E-state index in [1.165, 1.54) is 0 Å². The van der Waals surface area contributed by atoms with Crippen LogP contribution < -0.4 is 5.32 Å². The fraction of sp³-hybridized carbons (Fsp3) is 0.778. The van der Waals surface area contributed by atoms with Gasteiger partial charge in [-0.1, -0.05) is 6.08 Å². The van der Waals surface area contributed by atoms with E-state index in [1.54, 1.807) is 6.08 Å². The Morgan fingerprint density at radius 3 is 3.08 bits per heavy atom. The normalized spacial score (nSPS) is 26.6. The molecule has 0 bridgehead atoms. The molecule has 0 spiro atoms. The average molecular weight is 171 g/mol. The van der Waals surface area contributed by atoms with Gasteiger partial charge in [0, 0.05) is 18.7 Å². The van der Waals surface area contributed by atoms with E-state index >= 15 is 0 Å². The highest BCUT2D eigenvalue weighted by molar-refractivity contribution is 4.88. The summed E-state index contributed by atoms with van der Waals surface area (Å²) in [5, 5.41) is 12.1. The number of aliphatic hydroxyl groups is 1. The summed E-state index contributed by atoms with van der Waals surface area (Å²) in [5.74, 6) is 0. The van der Waals surface area contributed by atoms with Crippen LogP contribution in [0.3, 0.4) is 0 Å². The molecule has 1 heterocycles. The first-order valence-electron chi connectivity index (χ1n) is 4.44. The molecule has 0 aromatic carbocycles. The summed E-state index contributed by atoms with van der Waals surface area (Å²) in [6.07, 6.45) is 3.96. The zero-order valence-corrected chi connectivity index (χ0v) is 7.33. The molecule has 70 valence electrons. The minimum absolute atomic E-state index is 0.0108. The lowest BCUT2D eigenvalue weighted by atomic mass is 10.1. The number of rotatable bonds is 4. The van der Waals surface area contributed by atoms with Gasteiger partial charge >= 0.3 is 0 Å². The maximum absolute atomic E-state index is 8.88. The van der Waals surface area contributed by atoms with E-state index in [2.05, 4.69) is 11.9 Å². The van der Waals surface area contributed by atoms with Gasteiger partial charge in [0.1, 0.15) is 0 Å². The van der Waals surface area contributed by atoms with Crippen LogP contribution in [0.2, 0.25) is 0 Å². The molecule has 1 saturated heterocycles.